The number of amides is 1. The maximum atomic E-state index is 11.1. The molecule has 1 amide bonds. The zero-order chi connectivity index (χ0) is 15.4. The summed E-state index contributed by atoms with van der Waals surface area (Å²) in [5, 5.41) is 8.66. The minimum Gasteiger partial charge on any atom is -0.368 e. The van der Waals surface area contributed by atoms with Crippen molar-refractivity contribution >= 4 is 46.5 Å². The average Bonchev–Trinajstić information content (AvgIpc) is 2.40. The lowest BCUT2D eigenvalue weighted by Crippen LogP contribution is -2.11. The van der Waals surface area contributed by atoms with Crippen molar-refractivity contribution in [2.75, 3.05) is 16.4 Å². The third-order valence-corrected chi connectivity index (χ3v) is 2.65. The Bertz CT molecular complexity index is 689. The zero-order valence-electron chi connectivity index (χ0n) is 10.9. The fourth-order valence-electron chi connectivity index (χ4n) is 1.57. The van der Waals surface area contributed by atoms with Gasteiger partial charge in [0.2, 0.25) is 11.9 Å². The number of nitrogens with two attached hydrogens (primary N) is 1. The Hall–Kier alpha value is -2.74. The van der Waals surface area contributed by atoms with Gasteiger partial charge in [-0.3, -0.25) is 4.79 Å². The molecule has 0 saturated carbocycles. The number of halogens is 1. The van der Waals surface area contributed by atoms with Gasteiger partial charge in [-0.25, -0.2) is 0 Å². The molecule has 4 N–H and O–H groups in total. The number of nitroso groups, excluding NO2 is 1. The van der Waals surface area contributed by atoms with E-state index in [1.165, 1.54) is 6.92 Å². The molecule has 1 aromatic heterocycles. The summed E-state index contributed by atoms with van der Waals surface area (Å²) in [5.74, 6) is -0.483. The lowest BCUT2D eigenvalue weighted by Gasteiger charge is -2.11. The van der Waals surface area contributed by atoms with Crippen molar-refractivity contribution in [1.82, 2.24) is 9.97 Å². The Morgan fingerprint density at radius 3 is 2.43 bits per heavy atom. The zero-order valence-corrected chi connectivity index (χ0v) is 11.7. The SMILES string of the molecule is CC(=O)Nc1nc(N)nc(Nc2ccc(Cl)cc2)c1N=O. The first-order valence-corrected chi connectivity index (χ1v) is 6.18. The van der Waals surface area contributed by atoms with E-state index in [1.807, 2.05) is 0 Å². The van der Waals surface area contributed by atoms with Crippen LogP contribution in [-0.4, -0.2) is 15.9 Å². The maximum absolute atomic E-state index is 11.1. The van der Waals surface area contributed by atoms with E-state index in [-0.39, 0.29) is 23.3 Å². The monoisotopic (exact) mass is 306 g/mol. The van der Waals surface area contributed by atoms with Crippen molar-refractivity contribution < 1.29 is 4.79 Å². The van der Waals surface area contributed by atoms with E-state index in [0.29, 0.717) is 10.7 Å². The number of anilines is 4. The van der Waals surface area contributed by atoms with Crippen molar-refractivity contribution in [3.8, 4) is 0 Å². The number of benzene rings is 1. The summed E-state index contributed by atoms with van der Waals surface area (Å²) in [5.41, 5.74) is 6.04. The number of nitrogens with zero attached hydrogens (tertiary/aromatic N) is 3. The normalized spacial score (nSPS) is 10.0. The summed E-state index contributed by atoms with van der Waals surface area (Å²) in [6.07, 6.45) is 0. The highest BCUT2D eigenvalue weighted by molar-refractivity contribution is 6.30. The molecule has 8 nitrogen and oxygen atoms in total. The Labute approximate surface area is 124 Å². The standard InChI is InChI=1S/C12H11ClN6O2/c1-6(20)15-10-9(19-21)11(18-12(14)17-10)16-8-4-2-7(13)3-5-8/h2-5H,1H3,(H4,14,15,16,17,18,20). The highest BCUT2D eigenvalue weighted by atomic mass is 35.5. The van der Waals surface area contributed by atoms with E-state index in [1.54, 1.807) is 24.3 Å². The van der Waals surface area contributed by atoms with Gasteiger partial charge in [0.1, 0.15) is 0 Å². The Kier molecular flexibility index (Phi) is 4.29. The number of hydrogen-bond acceptors (Lipinski definition) is 7. The van der Waals surface area contributed by atoms with Gasteiger partial charge in [0, 0.05) is 17.6 Å². The molecule has 1 heterocycles. The molecule has 0 saturated heterocycles. The molecular weight excluding hydrogens is 296 g/mol. The van der Waals surface area contributed by atoms with Crippen LogP contribution >= 0.6 is 11.6 Å². The molecule has 108 valence electrons. The van der Waals surface area contributed by atoms with Crippen LogP contribution in [0.2, 0.25) is 5.02 Å². The molecular formula is C12H11ClN6O2. The molecule has 1 aromatic carbocycles. The van der Waals surface area contributed by atoms with E-state index >= 15 is 0 Å². The summed E-state index contributed by atoms with van der Waals surface area (Å²) >= 11 is 5.79. The molecule has 0 spiro atoms. The van der Waals surface area contributed by atoms with Gasteiger partial charge in [-0.1, -0.05) is 11.6 Å². The summed E-state index contributed by atoms with van der Waals surface area (Å²) < 4.78 is 0. The van der Waals surface area contributed by atoms with Crippen LogP contribution in [0.5, 0.6) is 0 Å². The Balaban J connectivity index is 2.42. The van der Waals surface area contributed by atoms with Gasteiger partial charge >= 0.3 is 0 Å². The van der Waals surface area contributed by atoms with Crippen LogP contribution in [0, 0.1) is 4.91 Å². The second-order valence-electron chi connectivity index (χ2n) is 4.03. The van der Waals surface area contributed by atoms with Gasteiger partial charge < -0.3 is 16.4 Å². The molecule has 0 aliphatic rings. The number of nitrogen functional groups attached to an aromatic ring is 1. The van der Waals surface area contributed by atoms with E-state index in [9.17, 15) is 9.70 Å². The molecule has 0 unspecified atom stereocenters. The second kappa shape index (κ2) is 6.14. The molecule has 9 heteroatoms. The molecule has 2 aromatic rings. The first-order chi connectivity index (χ1) is 9.99. The molecule has 21 heavy (non-hydrogen) atoms. The number of hydrogen-bond donors (Lipinski definition) is 3. The van der Waals surface area contributed by atoms with E-state index in [0.717, 1.165) is 0 Å². The largest absolute Gasteiger partial charge is 0.368 e. The highest BCUT2D eigenvalue weighted by Crippen LogP contribution is 2.33. The first kappa shape index (κ1) is 14.7. The van der Waals surface area contributed by atoms with E-state index in [2.05, 4.69) is 25.8 Å². The fraction of sp³-hybridized carbons (Fsp3) is 0.0833. The average molecular weight is 307 g/mol. The maximum Gasteiger partial charge on any atom is 0.224 e. The molecule has 0 radical (unpaired) electrons. The van der Waals surface area contributed by atoms with Gasteiger partial charge in [0.25, 0.3) is 0 Å². The summed E-state index contributed by atoms with van der Waals surface area (Å²) in [6.45, 7) is 1.28. The minimum absolute atomic E-state index is 0.0542. The third kappa shape index (κ3) is 3.63. The topological polar surface area (TPSA) is 122 Å². The van der Waals surface area contributed by atoms with Crippen LogP contribution in [0.3, 0.4) is 0 Å². The van der Waals surface area contributed by atoms with Crippen LogP contribution < -0.4 is 16.4 Å². The highest BCUT2D eigenvalue weighted by Gasteiger charge is 2.16. The summed E-state index contributed by atoms with van der Waals surface area (Å²) in [6, 6.07) is 6.70. The summed E-state index contributed by atoms with van der Waals surface area (Å²) in [4.78, 5) is 29.8. The minimum atomic E-state index is -0.407. The summed E-state index contributed by atoms with van der Waals surface area (Å²) in [7, 11) is 0. The van der Waals surface area contributed by atoms with Gasteiger partial charge in [0.05, 0.1) is 0 Å². The molecule has 0 atom stereocenters. The van der Waals surface area contributed by atoms with Crippen LogP contribution in [0.4, 0.5) is 29.0 Å². The molecule has 0 aliphatic heterocycles. The number of carbonyl (C=O) groups excluding carboxylic acids is 1. The smallest absolute Gasteiger partial charge is 0.224 e. The molecule has 0 aliphatic carbocycles. The number of nitrogens with one attached hydrogen (secondary N) is 2. The predicted molar refractivity (Wildman–Crippen MR) is 80.9 cm³/mol. The van der Waals surface area contributed by atoms with Crippen LogP contribution in [-0.2, 0) is 4.79 Å². The lowest BCUT2D eigenvalue weighted by atomic mass is 10.3. The second-order valence-corrected chi connectivity index (χ2v) is 4.47. The predicted octanol–water partition coefficient (Wildman–Crippen LogP) is 2.81. The van der Waals surface area contributed by atoms with Crippen LogP contribution in [0.15, 0.2) is 29.4 Å². The fourth-order valence-corrected chi connectivity index (χ4v) is 1.70. The van der Waals surface area contributed by atoms with Crippen molar-refractivity contribution in [2.45, 2.75) is 6.92 Å². The Morgan fingerprint density at radius 2 is 1.86 bits per heavy atom. The van der Waals surface area contributed by atoms with Gasteiger partial charge in [-0.2, -0.15) is 9.97 Å². The number of aromatic nitrogens is 2. The molecule has 0 fully saturated rings. The van der Waals surface area contributed by atoms with Crippen LogP contribution in [0.1, 0.15) is 6.92 Å². The number of carbonyl (C=O) groups is 1. The van der Waals surface area contributed by atoms with E-state index < -0.39 is 5.91 Å². The molecule has 2 rings (SSSR count). The lowest BCUT2D eigenvalue weighted by molar-refractivity contribution is -0.114. The molecule has 0 bridgehead atoms. The van der Waals surface area contributed by atoms with Crippen molar-refractivity contribution in [2.24, 2.45) is 5.18 Å². The number of rotatable bonds is 4. The van der Waals surface area contributed by atoms with Gasteiger partial charge in [-0.15, -0.1) is 4.91 Å². The van der Waals surface area contributed by atoms with Crippen molar-refractivity contribution in [3.05, 3.63) is 34.2 Å². The Morgan fingerprint density at radius 1 is 1.24 bits per heavy atom. The van der Waals surface area contributed by atoms with Crippen molar-refractivity contribution in [1.29, 1.82) is 0 Å². The van der Waals surface area contributed by atoms with Crippen molar-refractivity contribution in [3.63, 3.8) is 0 Å². The van der Waals surface area contributed by atoms with Gasteiger partial charge in [0.15, 0.2) is 17.3 Å². The third-order valence-electron chi connectivity index (χ3n) is 2.39. The van der Waals surface area contributed by atoms with Gasteiger partial charge in [-0.05, 0) is 29.4 Å². The van der Waals surface area contributed by atoms with Crippen LogP contribution in [0.25, 0.3) is 0 Å². The van der Waals surface area contributed by atoms with E-state index in [4.69, 9.17) is 17.3 Å². The quantitative estimate of drug-likeness (QED) is 0.746. The first-order valence-electron chi connectivity index (χ1n) is 5.80.